The second-order valence-corrected chi connectivity index (χ2v) is 11.4. The lowest BCUT2D eigenvalue weighted by Crippen LogP contribution is -2.62. The minimum absolute atomic E-state index is 0.105. The standard InChI is InChI=1S/C27H26ClFN6/c1-17-3-2-4-22(24(17)29)33-15-26(16-33)10-19(11-26)25-32-31-23-13-34(27(14-30)7-8-27)12-18-9-20(28)5-6-21(18)35(23)25/h2-6,9,19H,7-8,10-13,15-16H2,1H3. The first-order chi connectivity index (χ1) is 16.9. The maximum absolute atomic E-state index is 14.6. The van der Waals surface area contributed by atoms with Crippen molar-refractivity contribution in [3.63, 3.8) is 0 Å². The molecule has 1 spiro atoms. The van der Waals surface area contributed by atoms with Crippen molar-refractivity contribution < 1.29 is 4.39 Å². The molecular formula is C27H26ClFN6. The Balaban J connectivity index is 1.16. The molecule has 2 saturated carbocycles. The van der Waals surface area contributed by atoms with Crippen LogP contribution < -0.4 is 4.90 Å². The van der Waals surface area contributed by atoms with Crippen LogP contribution >= 0.6 is 11.6 Å². The fourth-order valence-electron chi connectivity index (χ4n) is 6.45. The van der Waals surface area contributed by atoms with Gasteiger partial charge in [0.15, 0.2) is 5.82 Å². The number of rotatable bonds is 3. The largest absolute Gasteiger partial charge is 0.368 e. The Labute approximate surface area is 208 Å². The Morgan fingerprint density at radius 2 is 1.89 bits per heavy atom. The Morgan fingerprint density at radius 1 is 1.09 bits per heavy atom. The van der Waals surface area contributed by atoms with Crippen molar-refractivity contribution >= 4 is 17.3 Å². The van der Waals surface area contributed by atoms with E-state index in [1.165, 1.54) is 0 Å². The van der Waals surface area contributed by atoms with Gasteiger partial charge >= 0.3 is 0 Å². The monoisotopic (exact) mass is 488 g/mol. The molecule has 0 N–H and O–H groups in total. The second-order valence-electron chi connectivity index (χ2n) is 11.0. The lowest BCUT2D eigenvalue weighted by Gasteiger charge is -2.59. The molecule has 0 radical (unpaired) electrons. The first-order valence-corrected chi connectivity index (χ1v) is 12.7. The quantitative estimate of drug-likeness (QED) is 0.512. The van der Waals surface area contributed by atoms with Crippen molar-refractivity contribution in [2.75, 3.05) is 18.0 Å². The zero-order valence-electron chi connectivity index (χ0n) is 19.6. The molecule has 6 nitrogen and oxygen atoms in total. The van der Waals surface area contributed by atoms with Gasteiger partial charge < -0.3 is 4.90 Å². The first-order valence-electron chi connectivity index (χ1n) is 12.3. The number of benzene rings is 2. The van der Waals surface area contributed by atoms with Crippen LogP contribution in [0.5, 0.6) is 0 Å². The van der Waals surface area contributed by atoms with E-state index in [0.29, 0.717) is 35.3 Å². The Kier molecular flexibility index (Phi) is 4.44. The van der Waals surface area contributed by atoms with Gasteiger partial charge in [0.05, 0.1) is 24.0 Å². The van der Waals surface area contributed by atoms with Gasteiger partial charge in [-0.05, 0) is 68.0 Å². The molecule has 3 fully saturated rings. The summed E-state index contributed by atoms with van der Waals surface area (Å²) in [4.78, 5) is 4.40. The van der Waals surface area contributed by atoms with Crippen molar-refractivity contribution in [2.24, 2.45) is 5.41 Å². The van der Waals surface area contributed by atoms with Crippen LogP contribution in [0.2, 0.25) is 5.02 Å². The van der Waals surface area contributed by atoms with Crippen molar-refractivity contribution in [3.05, 3.63) is 70.0 Å². The summed E-state index contributed by atoms with van der Waals surface area (Å²) in [5, 5.41) is 19.8. The maximum atomic E-state index is 14.6. The van der Waals surface area contributed by atoms with E-state index >= 15 is 0 Å². The van der Waals surface area contributed by atoms with Gasteiger partial charge in [0.1, 0.15) is 17.2 Å². The molecule has 7 rings (SSSR count). The summed E-state index contributed by atoms with van der Waals surface area (Å²) >= 11 is 6.38. The highest BCUT2D eigenvalue weighted by molar-refractivity contribution is 6.30. The molecular weight excluding hydrogens is 463 g/mol. The van der Waals surface area contributed by atoms with Gasteiger partial charge in [-0.25, -0.2) is 4.39 Å². The van der Waals surface area contributed by atoms with E-state index in [9.17, 15) is 9.65 Å². The molecule has 35 heavy (non-hydrogen) atoms. The van der Waals surface area contributed by atoms with E-state index in [-0.39, 0.29) is 11.2 Å². The zero-order chi connectivity index (χ0) is 23.9. The number of nitrogens with zero attached hydrogens (tertiary/aromatic N) is 6. The Hall–Kier alpha value is -2.95. The summed E-state index contributed by atoms with van der Waals surface area (Å²) < 4.78 is 16.8. The number of aromatic nitrogens is 3. The third-order valence-corrected chi connectivity index (χ3v) is 8.79. The smallest absolute Gasteiger partial charge is 0.151 e. The average Bonchev–Trinajstić information content (AvgIpc) is 3.52. The van der Waals surface area contributed by atoms with Gasteiger partial charge in [0, 0.05) is 36.0 Å². The number of aryl methyl sites for hydroxylation is 1. The lowest BCUT2D eigenvalue weighted by molar-refractivity contribution is 0.0582. The minimum atomic E-state index is -0.401. The molecule has 1 aromatic heterocycles. The van der Waals surface area contributed by atoms with Crippen LogP contribution in [-0.2, 0) is 13.1 Å². The van der Waals surface area contributed by atoms with Gasteiger partial charge in [-0.1, -0.05) is 23.7 Å². The van der Waals surface area contributed by atoms with Crippen LogP contribution in [0, 0.1) is 29.5 Å². The number of hydrogen-bond donors (Lipinski definition) is 0. The SMILES string of the molecule is Cc1cccc(N2CC3(CC(c4nnc5n4-c4ccc(Cl)cc4CN(C4(C#N)CC4)C5)C3)C2)c1F. The number of nitriles is 1. The average molecular weight is 489 g/mol. The molecule has 0 bridgehead atoms. The third kappa shape index (κ3) is 3.16. The molecule has 2 aromatic carbocycles. The van der Waals surface area contributed by atoms with Crippen LogP contribution in [0.15, 0.2) is 36.4 Å². The fraction of sp³-hybridized carbons (Fsp3) is 0.444. The minimum Gasteiger partial charge on any atom is -0.368 e. The summed E-state index contributed by atoms with van der Waals surface area (Å²) in [7, 11) is 0. The van der Waals surface area contributed by atoms with Crippen molar-refractivity contribution in [1.82, 2.24) is 19.7 Å². The van der Waals surface area contributed by atoms with Crippen LogP contribution in [0.4, 0.5) is 10.1 Å². The zero-order valence-corrected chi connectivity index (χ0v) is 20.4. The fourth-order valence-corrected chi connectivity index (χ4v) is 6.64. The van der Waals surface area contributed by atoms with Gasteiger partial charge in [-0.3, -0.25) is 9.47 Å². The van der Waals surface area contributed by atoms with E-state index in [4.69, 9.17) is 11.6 Å². The summed E-state index contributed by atoms with van der Waals surface area (Å²) in [6, 6.07) is 14.2. The van der Waals surface area contributed by atoms with Crippen LogP contribution in [0.1, 0.15) is 54.4 Å². The highest BCUT2D eigenvalue weighted by atomic mass is 35.5. The highest BCUT2D eigenvalue weighted by Gasteiger charge is 2.55. The molecule has 0 unspecified atom stereocenters. The second kappa shape index (κ2) is 7.28. The summed E-state index contributed by atoms with van der Waals surface area (Å²) in [5.74, 6) is 2.10. The van der Waals surface area contributed by atoms with Crippen LogP contribution in [0.25, 0.3) is 5.69 Å². The molecule has 0 atom stereocenters. The number of anilines is 1. The molecule has 8 heteroatoms. The van der Waals surface area contributed by atoms with E-state index in [1.807, 2.05) is 37.3 Å². The molecule has 1 saturated heterocycles. The third-order valence-electron chi connectivity index (χ3n) is 8.56. The summed E-state index contributed by atoms with van der Waals surface area (Å²) in [5.41, 5.74) is 3.41. The molecule has 2 aliphatic heterocycles. The molecule has 3 heterocycles. The van der Waals surface area contributed by atoms with Gasteiger partial charge in [-0.2, -0.15) is 5.26 Å². The van der Waals surface area contributed by atoms with Crippen LogP contribution in [-0.4, -0.2) is 38.3 Å². The Bertz CT molecular complexity index is 1390. The molecule has 178 valence electrons. The van der Waals surface area contributed by atoms with Crippen LogP contribution in [0.3, 0.4) is 0 Å². The molecule has 4 aliphatic rings. The van der Waals surface area contributed by atoms with Crippen molar-refractivity contribution in [1.29, 1.82) is 5.26 Å². The highest BCUT2D eigenvalue weighted by Crippen LogP contribution is 2.57. The predicted molar refractivity (Wildman–Crippen MR) is 131 cm³/mol. The Morgan fingerprint density at radius 3 is 2.63 bits per heavy atom. The maximum Gasteiger partial charge on any atom is 0.151 e. The summed E-state index contributed by atoms with van der Waals surface area (Å²) in [6.45, 7) is 4.87. The molecule has 2 aliphatic carbocycles. The van der Waals surface area contributed by atoms with E-state index in [0.717, 1.165) is 61.7 Å². The predicted octanol–water partition coefficient (Wildman–Crippen LogP) is 5.12. The van der Waals surface area contributed by atoms with E-state index in [2.05, 4.69) is 36.7 Å². The topological polar surface area (TPSA) is 61.0 Å². The van der Waals surface area contributed by atoms with E-state index < -0.39 is 5.54 Å². The number of halogens is 2. The van der Waals surface area contributed by atoms with Gasteiger partial charge in [0.2, 0.25) is 0 Å². The lowest BCUT2D eigenvalue weighted by atomic mass is 9.57. The number of fused-ring (bicyclic) bond motifs is 3. The van der Waals surface area contributed by atoms with Gasteiger partial charge in [0.25, 0.3) is 0 Å². The number of hydrogen-bond acceptors (Lipinski definition) is 5. The molecule has 3 aromatic rings. The normalized spacial score (nSPS) is 21.9. The summed E-state index contributed by atoms with van der Waals surface area (Å²) in [6.07, 6.45) is 3.85. The van der Waals surface area contributed by atoms with Gasteiger partial charge in [-0.15, -0.1) is 10.2 Å². The van der Waals surface area contributed by atoms with Crippen molar-refractivity contribution in [2.45, 2.75) is 57.2 Å². The van der Waals surface area contributed by atoms with E-state index in [1.54, 1.807) is 0 Å². The molecule has 0 amide bonds. The first kappa shape index (κ1) is 21.3. The van der Waals surface area contributed by atoms with Crippen molar-refractivity contribution in [3.8, 4) is 11.8 Å².